The van der Waals surface area contributed by atoms with Crippen molar-refractivity contribution in [1.29, 1.82) is 0 Å². The number of imidazole rings is 1. The van der Waals surface area contributed by atoms with Crippen LogP contribution in [0.15, 0.2) is 84.9 Å². The van der Waals surface area contributed by atoms with Crippen LogP contribution in [0.3, 0.4) is 0 Å². The minimum Gasteiger partial charge on any atom is -0.493 e. The maximum Gasteiger partial charge on any atom is 0.336 e. The van der Waals surface area contributed by atoms with Crippen molar-refractivity contribution in [3.05, 3.63) is 107 Å². The molecule has 1 heterocycles. The van der Waals surface area contributed by atoms with Crippen molar-refractivity contribution >= 4 is 22.8 Å². The molecule has 0 amide bonds. The van der Waals surface area contributed by atoms with Crippen LogP contribution in [0.1, 0.15) is 32.1 Å². The number of benzene rings is 4. The zero-order chi connectivity index (χ0) is 28.2. The van der Waals surface area contributed by atoms with E-state index < -0.39 is 5.97 Å². The fourth-order valence-corrected chi connectivity index (χ4v) is 4.85. The van der Waals surface area contributed by atoms with Gasteiger partial charge in [0.15, 0.2) is 17.3 Å². The molecule has 1 aromatic heterocycles. The first-order valence-corrected chi connectivity index (χ1v) is 12.7. The van der Waals surface area contributed by atoms with Crippen LogP contribution >= 0.6 is 0 Å². The van der Waals surface area contributed by atoms with Gasteiger partial charge in [0.2, 0.25) is 11.5 Å². The Morgan fingerprint density at radius 2 is 1.50 bits per heavy atom. The van der Waals surface area contributed by atoms with E-state index in [9.17, 15) is 14.7 Å². The maximum absolute atomic E-state index is 14.0. The molecule has 1 N–H and O–H groups in total. The van der Waals surface area contributed by atoms with Gasteiger partial charge in [-0.25, -0.2) is 9.78 Å². The lowest BCUT2D eigenvalue weighted by Crippen LogP contribution is -2.13. The Hall–Kier alpha value is -5.11. The molecule has 0 unspecified atom stereocenters. The summed E-state index contributed by atoms with van der Waals surface area (Å²) in [4.78, 5) is 30.6. The molecule has 0 saturated carbocycles. The lowest BCUT2D eigenvalue weighted by Gasteiger charge is -2.14. The third kappa shape index (κ3) is 4.99. The molecular weight excluding hydrogens is 508 g/mol. The topological polar surface area (TPSA) is 99.9 Å². The molecule has 0 spiro atoms. The molecule has 0 atom stereocenters. The molecule has 0 bridgehead atoms. The van der Waals surface area contributed by atoms with E-state index in [0.29, 0.717) is 52.4 Å². The predicted molar refractivity (Wildman–Crippen MR) is 152 cm³/mol. The monoisotopic (exact) mass is 536 g/mol. The van der Waals surface area contributed by atoms with Crippen LogP contribution in [0.4, 0.5) is 0 Å². The molecule has 0 fully saturated rings. The van der Waals surface area contributed by atoms with E-state index in [-0.39, 0.29) is 17.2 Å². The van der Waals surface area contributed by atoms with Crippen LogP contribution < -0.4 is 14.2 Å². The number of carbonyl (C=O) groups excluding carboxylic acids is 1. The van der Waals surface area contributed by atoms with Gasteiger partial charge in [0.1, 0.15) is 0 Å². The van der Waals surface area contributed by atoms with Crippen LogP contribution in [0.25, 0.3) is 22.2 Å². The first kappa shape index (κ1) is 26.5. The molecule has 8 heteroatoms. The average Bonchev–Trinajstić information content (AvgIpc) is 3.36. The van der Waals surface area contributed by atoms with Crippen molar-refractivity contribution in [3.8, 4) is 28.4 Å². The summed E-state index contributed by atoms with van der Waals surface area (Å²) in [6.07, 6.45) is 0.686. The molecule has 202 valence electrons. The van der Waals surface area contributed by atoms with Gasteiger partial charge in [-0.3, -0.25) is 4.79 Å². The van der Waals surface area contributed by atoms with Crippen LogP contribution in [0.2, 0.25) is 0 Å². The molecule has 0 aliphatic carbocycles. The van der Waals surface area contributed by atoms with Crippen molar-refractivity contribution in [2.24, 2.45) is 0 Å². The second kappa shape index (κ2) is 11.3. The zero-order valence-electron chi connectivity index (χ0n) is 22.4. The van der Waals surface area contributed by atoms with Gasteiger partial charge in [-0.2, -0.15) is 0 Å². The Bertz CT molecular complexity index is 1680. The smallest absolute Gasteiger partial charge is 0.336 e. The summed E-state index contributed by atoms with van der Waals surface area (Å²) in [6.45, 7) is 0.511. The van der Waals surface area contributed by atoms with Gasteiger partial charge in [0, 0.05) is 12.1 Å². The summed E-state index contributed by atoms with van der Waals surface area (Å²) < 4.78 is 18.2. The van der Waals surface area contributed by atoms with Gasteiger partial charge in [0.05, 0.1) is 37.9 Å². The number of aryl methyl sites for hydroxylation is 2. The van der Waals surface area contributed by atoms with Crippen LogP contribution in [-0.4, -0.2) is 47.7 Å². The highest BCUT2D eigenvalue weighted by Gasteiger charge is 2.24. The van der Waals surface area contributed by atoms with Gasteiger partial charge in [0.25, 0.3) is 0 Å². The van der Waals surface area contributed by atoms with Crippen molar-refractivity contribution in [2.75, 3.05) is 21.3 Å². The van der Waals surface area contributed by atoms with Crippen molar-refractivity contribution < 1.29 is 28.9 Å². The first-order chi connectivity index (χ1) is 19.4. The number of hydrogen-bond acceptors (Lipinski definition) is 6. The summed E-state index contributed by atoms with van der Waals surface area (Å²) in [5.41, 5.74) is 4.28. The number of fused-ring (bicyclic) bond motifs is 1. The van der Waals surface area contributed by atoms with Crippen molar-refractivity contribution in [2.45, 2.75) is 13.0 Å². The third-order valence-electron chi connectivity index (χ3n) is 6.81. The van der Waals surface area contributed by atoms with E-state index in [1.165, 1.54) is 21.3 Å². The lowest BCUT2D eigenvalue weighted by molar-refractivity contribution is 0.0697. The number of ketones is 1. The fourth-order valence-electron chi connectivity index (χ4n) is 4.85. The highest BCUT2D eigenvalue weighted by Crippen LogP contribution is 2.39. The standard InChI is InChI=1S/C32H28N2O6/c1-38-27-18-22(19-28(39-2)30(27)40-3)29(35)31-33-25-17-21(23-11-7-8-12-24(23)32(36)37)13-14-26(25)34(31)16-15-20-9-5-4-6-10-20/h4-14,17-19H,15-16H2,1-3H3,(H,36,37). The quantitative estimate of drug-likeness (QED) is 0.222. The fraction of sp³-hybridized carbons (Fsp3) is 0.156. The van der Waals surface area contributed by atoms with Gasteiger partial charge in [-0.15, -0.1) is 0 Å². The van der Waals surface area contributed by atoms with Crippen molar-refractivity contribution in [1.82, 2.24) is 9.55 Å². The molecule has 40 heavy (non-hydrogen) atoms. The normalized spacial score (nSPS) is 10.9. The van der Waals surface area contributed by atoms with Crippen molar-refractivity contribution in [3.63, 3.8) is 0 Å². The number of ether oxygens (including phenoxy) is 3. The Labute approximate surface area is 231 Å². The van der Waals surface area contributed by atoms with E-state index in [1.807, 2.05) is 53.1 Å². The van der Waals surface area contributed by atoms with Gasteiger partial charge in [-0.1, -0.05) is 54.6 Å². The molecule has 0 radical (unpaired) electrons. The number of carboxylic acid groups (broad SMARTS) is 1. The summed E-state index contributed by atoms with van der Waals surface area (Å²) in [5.74, 6) is 0.0533. The summed E-state index contributed by atoms with van der Waals surface area (Å²) in [5, 5.41) is 9.69. The highest BCUT2D eigenvalue weighted by atomic mass is 16.5. The molecule has 4 aromatic carbocycles. The Kier molecular flexibility index (Phi) is 7.50. The molecular formula is C32H28N2O6. The number of nitrogens with zero attached hydrogens (tertiary/aromatic N) is 2. The Morgan fingerprint density at radius 1 is 0.825 bits per heavy atom. The van der Waals surface area contributed by atoms with E-state index in [2.05, 4.69) is 0 Å². The van der Waals surface area contributed by atoms with Gasteiger partial charge < -0.3 is 23.9 Å². The Morgan fingerprint density at radius 3 is 2.15 bits per heavy atom. The molecule has 0 aliphatic rings. The van der Waals surface area contributed by atoms with E-state index in [1.54, 1.807) is 36.4 Å². The number of aromatic nitrogens is 2. The minimum atomic E-state index is -1.01. The lowest BCUT2D eigenvalue weighted by atomic mass is 9.99. The molecule has 8 nitrogen and oxygen atoms in total. The number of hydrogen-bond donors (Lipinski definition) is 1. The number of rotatable bonds is 10. The molecule has 5 rings (SSSR count). The van der Waals surface area contributed by atoms with Crippen LogP contribution in [0, 0.1) is 0 Å². The average molecular weight is 537 g/mol. The second-order valence-electron chi connectivity index (χ2n) is 9.12. The number of aromatic carboxylic acids is 1. The third-order valence-corrected chi connectivity index (χ3v) is 6.81. The number of carboxylic acids is 1. The molecule has 5 aromatic rings. The van der Waals surface area contributed by atoms with Crippen LogP contribution in [0.5, 0.6) is 17.2 Å². The number of carbonyl (C=O) groups is 2. The number of methoxy groups -OCH3 is 3. The minimum absolute atomic E-state index is 0.194. The SMILES string of the molecule is COc1cc(C(=O)c2nc3cc(-c4ccccc4C(=O)O)ccc3n2CCc2ccccc2)cc(OC)c1OC. The van der Waals surface area contributed by atoms with Gasteiger partial charge in [-0.05, 0) is 53.4 Å². The summed E-state index contributed by atoms with van der Waals surface area (Å²) in [7, 11) is 4.50. The summed E-state index contributed by atoms with van der Waals surface area (Å²) >= 11 is 0. The van der Waals surface area contributed by atoms with Gasteiger partial charge >= 0.3 is 5.97 Å². The Balaban J connectivity index is 1.64. The van der Waals surface area contributed by atoms with E-state index in [4.69, 9.17) is 19.2 Å². The van der Waals surface area contributed by atoms with E-state index in [0.717, 1.165) is 11.1 Å². The highest BCUT2D eigenvalue weighted by molar-refractivity contribution is 6.09. The zero-order valence-corrected chi connectivity index (χ0v) is 22.4. The van der Waals surface area contributed by atoms with E-state index >= 15 is 0 Å². The second-order valence-corrected chi connectivity index (χ2v) is 9.12. The van der Waals surface area contributed by atoms with Crippen LogP contribution in [-0.2, 0) is 13.0 Å². The largest absolute Gasteiger partial charge is 0.493 e. The maximum atomic E-state index is 14.0. The summed E-state index contributed by atoms with van der Waals surface area (Å²) in [6, 6.07) is 25.6. The first-order valence-electron chi connectivity index (χ1n) is 12.7. The molecule has 0 aliphatic heterocycles. The molecule has 0 saturated heterocycles. The predicted octanol–water partition coefficient (Wildman–Crippen LogP) is 5.90.